The molecule has 2 heterocycles. The van der Waals surface area contributed by atoms with Gasteiger partial charge in [-0.1, -0.05) is 0 Å². The number of aromatic nitrogens is 1. The lowest BCUT2D eigenvalue weighted by atomic mass is 10.1. The number of hydrogen-bond acceptors (Lipinski definition) is 5. The molecule has 0 saturated carbocycles. The largest absolute Gasteiger partial charge is 0.372 e. The molecule has 1 fully saturated rings. The van der Waals surface area contributed by atoms with Crippen LogP contribution in [0.15, 0.2) is 5.38 Å². The maximum atomic E-state index is 12.4. The van der Waals surface area contributed by atoms with Crippen molar-refractivity contribution in [1.29, 1.82) is 0 Å². The van der Waals surface area contributed by atoms with Gasteiger partial charge in [-0.15, -0.1) is 11.3 Å². The minimum Gasteiger partial charge on any atom is -0.372 e. The summed E-state index contributed by atoms with van der Waals surface area (Å²) in [6.07, 6.45) is 0.387. The minimum absolute atomic E-state index is 0.00285. The molecule has 1 aromatic rings. The number of hydrogen-bond donors (Lipinski definition) is 1. The summed E-state index contributed by atoms with van der Waals surface area (Å²) in [5, 5.41) is 6.35. The van der Waals surface area contributed by atoms with E-state index in [-0.39, 0.29) is 12.0 Å². The Morgan fingerprint density at radius 3 is 2.81 bits per heavy atom. The van der Waals surface area contributed by atoms with Crippen LogP contribution in [0.4, 0.5) is 0 Å². The van der Waals surface area contributed by atoms with Crippen LogP contribution in [-0.4, -0.2) is 47.6 Å². The SMILES string of the molecule is CCO[C@H](C)c1nc(CC(=O)N2C[C@@H](C)N[C@@H](C)C2)cs1. The van der Waals surface area contributed by atoms with E-state index in [0.717, 1.165) is 23.8 Å². The van der Waals surface area contributed by atoms with Crippen LogP contribution in [-0.2, 0) is 16.0 Å². The van der Waals surface area contributed by atoms with Gasteiger partial charge in [-0.2, -0.15) is 0 Å². The summed E-state index contributed by atoms with van der Waals surface area (Å²) in [6.45, 7) is 10.4. The maximum Gasteiger partial charge on any atom is 0.228 e. The summed E-state index contributed by atoms with van der Waals surface area (Å²) in [6, 6.07) is 0.698. The van der Waals surface area contributed by atoms with E-state index in [4.69, 9.17) is 4.74 Å². The van der Waals surface area contributed by atoms with Crippen molar-refractivity contribution in [3.05, 3.63) is 16.1 Å². The number of amides is 1. The number of nitrogens with one attached hydrogen (secondary N) is 1. The minimum atomic E-state index is 0.00285. The normalized spacial score (nSPS) is 24.1. The lowest BCUT2D eigenvalue weighted by molar-refractivity contribution is -0.132. The summed E-state index contributed by atoms with van der Waals surface area (Å²) >= 11 is 1.57. The highest BCUT2D eigenvalue weighted by molar-refractivity contribution is 7.09. The van der Waals surface area contributed by atoms with E-state index in [0.29, 0.717) is 25.1 Å². The molecule has 118 valence electrons. The molecule has 0 aliphatic carbocycles. The third kappa shape index (κ3) is 4.49. The molecule has 1 aromatic heterocycles. The van der Waals surface area contributed by atoms with Crippen molar-refractivity contribution in [3.63, 3.8) is 0 Å². The molecule has 0 bridgehead atoms. The smallest absolute Gasteiger partial charge is 0.228 e. The third-order valence-electron chi connectivity index (χ3n) is 3.58. The molecular formula is C15H25N3O2S. The topological polar surface area (TPSA) is 54.5 Å². The molecule has 0 spiro atoms. The monoisotopic (exact) mass is 311 g/mol. The molecule has 0 aromatic carbocycles. The average molecular weight is 311 g/mol. The van der Waals surface area contributed by atoms with Crippen molar-refractivity contribution >= 4 is 17.2 Å². The lowest BCUT2D eigenvalue weighted by Gasteiger charge is -2.36. The van der Waals surface area contributed by atoms with Gasteiger partial charge in [0.2, 0.25) is 5.91 Å². The fraction of sp³-hybridized carbons (Fsp3) is 0.733. The second kappa shape index (κ2) is 7.33. The summed E-state index contributed by atoms with van der Waals surface area (Å²) in [7, 11) is 0. The van der Waals surface area contributed by atoms with Gasteiger partial charge in [-0.3, -0.25) is 4.79 Å². The van der Waals surface area contributed by atoms with Gasteiger partial charge in [0.05, 0.1) is 12.1 Å². The molecule has 1 aliphatic rings. The van der Waals surface area contributed by atoms with Gasteiger partial charge in [0.25, 0.3) is 0 Å². The van der Waals surface area contributed by atoms with Gasteiger partial charge in [-0.25, -0.2) is 4.98 Å². The summed E-state index contributed by atoms with van der Waals surface area (Å²) in [5.74, 6) is 0.163. The highest BCUT2D eigenvalue weighted by Crippen LogP contribution is 2.21. The van der Waals surface area contributed by atoms with Crippen LogP contribution in [0, 0.1) is 0 Å². The Morgan fingerprint density at radius 2 is 2.19 bits per heavy atom. The second-order valence-corrected chi connectivity index (χ2v) is 6.61. The molecule has 21 heavy (non-hydrogen) atoms. The second-order valence-electron chi connectivity index (χ2n) is 5.72. The average Bonchev–Trinajstić information content (AvgIpc) is 2.86. The van der Waals surface area contributed by atoms with Crippen molar-refractivity contribution in [2.45, 2.75) is 52.3 Å². The lowest BCUT2D eigenvalue weighted by Crippen LogP contribution is -2.56. The van der Waals surface area contributed by atoms with E-state index in [1.807, 2.05) is 24.1 Å². The molecule has 5 nitrogen and oxygen atoms in total. The van der Waals surface area contributed by atoms with Crippen LogP contribution in [0.2, 0.25) is 0 Å². The summed E-state index contributed by atoms with van der Waals surface area (Å²) in [5.41, 5.74) is 0.852. The zero-order valence-electron chi connectivity index (χ0n) is 13.3. The first kappa shape index (κ1) is 16.4. The Labute approximate surface area is 130 Å². The Kier molecular flexibility index (Phi) is 5.72. The number of ether oxygens (including phenoxy) is 1. The fourth-order valence-electron chi connectivity index (χ4n) is 2.71. The van der Waals surface area contributed by atoms with E-state index in [2.05, 4.69) is 24.1 Å². The van der Waals surface area contributed by atoms with Crippen molar-refractivity contribution < 1.29 is 9.53 Å². The maximum absolute atomic E-state index is 12.4. The number of carbonyl (C=O) groups is 1. The Hall–Kier alpha value is -0.980. The Morgan fingerprint density at radius 1 is 1.52 bits per heavy atom. The van der Waals surface area contributed by atoms with Crippen LogP contribution in [0.1, 0.15) is 44.5 Å². The molecule has 6 heteroatoms. The van der Waals surface area contributed by atoms with Gasteiger partial charge < -0.3 is 15.0 Å². The van der Waals surface area contributed by atoms with Gasteiger partial charge >= 0.3 is 0 Å². The van der Waals surface area contributed by atoms with Crippen molar-refractivity contribution in [2.75, 3.05) is 19.7 Å². The highest BCUT2D eigenvalue weighted by atomic mass is 32.1. The van der Waals surface area contributed by atoms with Crippen LogP contribution < -0.4 is 5.32 Å². The molecule has 0 unspecified atom stereocenters. The third-order valence-corrected chi connectivity index (χ3v) is 4.63. The molecule has 0 radical (unpaired) electrons. The first-order chi connectivity index (χ1) is 9.99. The van der Waals surface area contributed by atoms with Crippen LogP contribution in [0.5, 0.6) is 0 Å². The predicted molar refractivity (Wildman–Crippen MR) is 84.5 cm³/mol. The van der Waals surface area contributed by atoms with Gasteiger partial charge in [0.15, 0.2) is 0 Å². The zero-order chi connectivity index (χ0) is 15.4. The number of thiazole rings is 1. The quantitative estimate of drug-likeness (QED) is 0.903. The van der Waals surface area contributed by atoms with Crippen molar-refractivity contribution in [2.24, 2.45) is 0 Å². The molecule has 1 saturated heterocycles. The van der Waals surface area contributed by atoms with Gasteiger partial charge in [-0.05, 0) is 27.7 Å². The van der Waals surface area contributed by atoms with Crippen molar-refractivity contribution in [3.8, 4) is 0 Å². The molecule has 1 aliphatic heterocycles. The summed E-state index contributed by atoms with van der Waals surface area (Å²) < 4.78 is 5.53. The molecule has 2 rings (SSSR count). The van der Waals surface area contributed by atoms with Crippen molar-refractivity contribution in [1.82, 2.24) is 15.2 Å². The van der Waals surface area contributed by atoms with E-state index >= 15 is 0 Å². The van der Waals surface area contributed by atoms with E-state index in [9.17, 15) is 4.79 Å². The predicted octanol–water partition coefficient (Wildman–Crippen LogP) is 1.99. The van der Waals surface area contributed by atoms with Crippen LogP contribution in [0.3, 0.4) is 0 Å². The van der Waals surface area contributed by atoms with E-state index in [1.165, 1.54) is 0 Å². The van der Waals surface area contributed by atoms with Gasteiger partial charge in [0, 0.05) is 37.2 Å². The molecule has 3 atom stereocenters. The molecule has 1 amide bonds. The van der Waals surface area contributed by atoms with E-state index < -0.39 is 0 Å². The van der Waals surface area contributed by atoms with Gasteiger partial charge in [0.1, 0.15) is 11.1 Å². The number of rotatable bonds is 5. The molecular weight excluding hydrogens is 286 g/mol. The standard InChI is InChI=1S/C15H25N3O2S/c1-5-20-12(4)15-17-13(9-21-15)6-14(19)18-7-10(2)16-11(3)8-18/h9-12,16H,5-8H2,1-4H3/t10-,11+,12-/m1/s1. The number of piperazine rings is 1. The molecule has 1 N–H and O–H groups in total. The first-order valence-electron chi connectivity index (χ1n) is 7.59. The zero-order valence-corrected chi connectivity index (χ0v) is 14.1. The Balaban J connectivity index is 1.93. The van der Waals surface area contributed by atoms with E-state index in [1.54, 1.807) is 11.3 Å². The van der Waals surface area contributed by atoms with Crippen LogP contribution in [0.25, 0.3) is 0 Å². The first-order valence-corrected chi connectivity index (χ1v) is 8.47. The number of nitrogens with zero attached hydrogens (tertiary/aromatic N) is 2. The van der Waals surface area contributed by atoms with Crippen LogP contribution >= 0.6 is 11.3 Å². The summed E-state index contributed by atoms with van der Waals surface area (Å²) in [4.78, 5) is 18.9. The number of carbonyl (C=O) groups excluding carboxylic acids is 1. The highest BCUT2D eigenvalue weighted by Gasteiger charge is 2.25. The Bertz CT molecular complexity index is 467. The fourth-order valence-corrected chi connectivity index (χ4v) is 3.53.